The fourth-order valence-electron chi connectivity index (χ4n) is 1.71. The van der Waals surface area contributed by atoms with E-state index < -0.39 is 7.82 Å². The summed E-state index contributed by atoms with van der Waals surface area (Å²) in [6, 6.07) is 0. The molecule has 0 saturated heterocycles. The van der Waals surface area contributed by atoms with Crippen LogP contribution in [0, 0.1) is 5.92 Å². The van der Waals surface area contributed by atoms with Crippen molar-refractivity contribution >= 4 is 7.82 Å². The molecule has 0 amide bonds. The first-order valence-electron chi connectivity index (χ1n) is 7.94. The quantitative estimate of drug-likeness (QED) is 0.129. The summed E-state index contributed by atoms with van der Waals surface area (Å²) in [6.07, 6.45) is 11.1. The third-order valence-electron chi connectivity index (χ3n) is 2.72. The Morgan fingerprint density at radius 3 is 1.92 bits per heavy atom. The molecule has 0 spiro atoms. The fraction of sp³-hybridized carbons (Fsp3) is 0.857. The number of hydrogen-bond donors (Lipinski definition) is 3. The lowest BCUT2D eigenvalue weighted by atomic mass is 10.0. The zero-order valence-electron chi connectivity index (χ0n) is 14.5. The number of unbranched alkanes of at least 4 members (excludes halogenated alkanes) is 6. The van der Waals surface area contributed by atoms with Crippen LogP contribution >= 0.6 is 7.82 Å². The minimum Gasteiger partial charge on any atom is -0.315 e. The molecule has 10 heteroatoms. The molecule has 0 radical (unpaired) electrons. The molecule has 0 aromatic heterocycles. The summed E-state index contributed by atoms with van der Waals surface area (Å²) in [7, 11) is -4.64. The Labute approximate surface area is 143 Å². The predicted octanol–water partition coefficient (Wildman–Crippen LogP) is 3.72. The molecule has 0 saturated carbocycles. The molecule has 0 aliphatic carbocycles. The van der Waals surface area contributed by atoms with Gasteiger partial charge in [-0.1, -0.05) is 65.4 Å². The van der Waals surface area contributed by atoms with Gasteiger partial charge >= 0.3 is 7.82 Å². The van der Waals surface area contributed by atoms with Gasteiger partial charge in [-0.25, -0.2) is 9.45 Å². The summed E-state index contributed by atoms with van der Waals surface area (Å²) < 4.78 is 8.88. The van der Waals surface area contributed by atoms with Crippen molar-refractivity contribution in [2.75, 3.05) is 6.61 Å². The maximum Gasteiger partial charge on any atom is 0.466 e. The molecule has 0 aromatic rings. The van der Waals surface area contributed by atoms with E-state index in [9.17, 15) is 0 Å². The van der Waals surface area contributed by atoms with Gasteiger partial charge in [0.15, 0.2) is 0 Å². The molecular formula is C14H31O9P. The minimum absolute atomic E-state index is 0.477. The Kier molecular flexibility index (Phi) is 20.2. The predicted molar refractivity (Wildman–Crippen MR) is 86.5 cm³/mol. The number of hydrogen-bond acceptors (Lipinski definition) is 6. The van der Waals surface area contributed by atoms with E-state index in [2.05, 4.69) is 40.4 Å². The molecule has 0 aromatic carbocycles. The summed E-state index contributed by atoms with van der Waals surface area (Å²) in [5.74, 6) is 0.834. The van der Waals surface area contributed by atoms with Gasteiger partial charge in [-0.2, -0.15) is 0 Å². The van der Waals surface area contributed by atoms with Crippen molar-refractivity contribution in [3.8, 4) is 0 Å². The van der Waals surface area contributed by atoms with Crippen LogP contribution in [-0.4, -0.2) is 21.3 Å². The molecule has 0 unspecified atom stereocenters. The Morgan fingerprint density at radius 2 is 1.42 bits per heavy atom. The maximum absolute atomic E-state index is 8.88. The fourth-order valence-corrected chi connectivity index (χ4v) is 1.71. The third kappa shape index (κ3) is 37.6. The Morgan fingerprint density at radius 1 is 0.917 bits per heavy atom. The van der Waals surface area contributed by atoms with Crippen molar-refractivity contribution < 1.29 is 44.1 Å². The van der Waals surface area contributed by atoms with E-state index in [0.29, 0.717) is 6.61 Å². The number of phosphoric acid groups is 1. The van der Waals surface area contributed by atoms with Gasteiger partial charge in [-0.05, 0) is 17.4 Å². The highest BCUT2D eigenvalue weighted by atomic mass is 31.2. The van der Waals surface area contributed by atoms with Crippen LogP contribution in [0.5, 0.6) is 0 Å². The molecule has 0 atom stereocenters. The first kappa shape index (κ1) is 25.7. The van der Waals surface area contributed by atoms with Gasteiger partial charge in [0.05, 0.1) is 6.61 Å². The monoisotopic (exact) mass is 374 g/mol. The van der Waals surface area contributed by atoms with Crippen LogP contribution in [0.25, 0.3) is 0 Å². The number of rotatable bonds is 15. The van der Waals surface area contributed by atoms with Gasteiger partial charge in [-0.3, -0.25) is 0 Å². The van der Waals surface area contributed by atoms with Gasteiger partial charge in [0.2, 0.25) is 0 Å². The van der Waals surface area contributed by atoms with Gasteiger partial charge < -0.3 is 19.6 Å². The second-order valence-electron chi connectivity index (χ2n) is 5.46. The van der Waals surface area contributed by atoms with E-state index in [-0.39, 0.29) is 0 Å². The van der Waals surface area contributed by atoms with Gasteiger partial charge in [0.1, 0.15) is 6.26 Å². The summed E-state index contributed by atoms with van der Waals surface area (Å²) >= 11 is 0. The molecule has 0 fully saturated rings. The summed E-state index contributed by atoms with van der Waals surface area (Å²) in [5.41, 5.74) is 0. The highest BCUT2D eigenvalue weighted by molar-refractivity contribution is 7.45. The van der Waals surface area contributed by atoms with E-state index >= 15 is 0 Å². The Bertz CT molecular complexity index is 298. The highest BCUT2D eigenvalue weighted by Crippen LogP contribution is 2.25. The van der Waals surface area contributed by atoms with Crippen LogP contribution in [0.15, 0.2) is 12.8 Å². The van der Waals surface area contributed by atoms with Crippen LogP contribution in [0.3, 0.4) is 0 Å². The van der Waals surface area contributed by atoms with E-state index in [4.69, 9.17) is 24.1 Å². The SMILES string of the molecule is C=COOOOOCCCCCCCCCC(C)C.O=P(O)(O)O. The molecule has 0 bridgehead atoms. The van der Waals surface area contributed by atoms with Gasteiger partial charge in [-0.15, -0.1) is 0 Å². The van der Waals surface area contributed by atoms with Gasteiger partial charge in [0.25, 0.3) is 0 Å². The second-order valence-corrected chi connectivity index (χ2v) is 6.49. The lowest BCUT2D eigenvalue weighted by Gasteiger charge is -2.04. The summed E-state index contributed by atoms with van der Waals surface area (Å²) in [5, 5.41) is 12.3. The van der Waals surface area contributed by atoms with Crippen molar-refractivity contribution in [2.45, 2.75) is 65.2 Å². The van der Waals surface area contributed by atoms with Crippen molar-refractivity contribution in [3.63, 3.8) is 0 Å². The zero-order chi connectivity index (χ0) is 18.7. The molecule has 3 N–H and O–H groups in total. The van der Waals surface area contributed by atoms with Crippen LogP contribution in [-0.2, 0) is 29.5 Å². The largest absolute Gasteiger partial charge is 0.466 e. The molecule has 0 aliphatic heterocycles. The molecule has 24 heavy (non-hydrogen) atoms. The topological polar surface area (TPSA) is 124 Å². The van der Waals surface area contributed by atoms with E-state index in [1.165, 1.54) is 38.5 Å². The minimum atomic E-state index is -4.64. The van der Waals surface area contributed by atoms with E-state index in [0.717, 1.165) is 25.0 Å². The van der Waals surface area contributed by atoms with Crippen molar-refractivity contribution in [1.82, 2.24) is 0 Å². The molecular weight excluding hydrogens is 343 g/mol. The average Bonchev–Trinajstić information content (AvgIpc) is 2.45. The highest BCUT2D eigenvalue weighted by Gasteiger charge is 2.00. The standard InChI is InChI=1S/C14H28O5.H3O4P/c1-4-15-17-19-18-16-13-11-9-7-5-6-8-10-12-14(2)3;1-5(2,3)4/h4,14H,1,5-13H2,2-3H3;(H3,1,2,3,4). The lowest BCUT2D eigenvalue weighted by Crippen LogP contribution is -1.99. The van der Waals surface area contributed by atoms with Gasteiger partial charge in [0, 0.05) is 10.1 Å². The first-order valence-corrected chi connectivity index (χ1v) is 9.51. The average molecular weight is 374 g/mol. The maximum atomic E-state index is 8.88. The molecule has 146 valence electrons. The van der Waals surface area contributed by atoms with E-state index in [1.54, 1.807) is 0 Å². The molecule has 0 aliphatic rings. The zero-order valence-corrected chi connectivity index (χ0v) is 15.4. The third-order valence-corrected chi connectivity index (χ3v) is 2.72. The van der Waals surface area contributed by atoms with Crippen molar-refractivity contribution in [2.24, 2.45) is 5.92 Å². The van der Waals surface area contributed by atoms with Crippen LogP contribution in [0.1, 0.15) is 65.2 Å². The Hall–Kier alpha value is -0.510. The van der Waals surface area contributed by atoms with E-state index in [1.807, 2.05) is 0 Å². The molecule has 0 heterocycles. The van der Waals surface area contributed by atoms with Crippen molar-refractivity contribution in [1.29, 1.82) is 0 Å². The van der Waals surface area contributed by atoms with Crippen LogP contribution < -0.4 is 0 Å². The normalized spacial score (nSPS) is 11.1. The smallest absolute Gasteiger partial charge is 0.315 e. The first-order chi connectivity index (χ1) is 11.3. The lowest BCUT2D eigenvalue weighted by molar-refractivity contribution is -0.700. The molecule has 0 rings (SSSR count). The second kappa shape index (κ2) is 18.8. The van der Waals surface area contributed by atoms with Crippen LogP contribution in [0.4, 0.5) is 0 Å². The van der Waals surface area contributed by atoms with Crippen molar-refractivity contribution in [3.05, 3.63) is 12.8 Å². The summed E-state index contributed by atoms with van der Waals surface area (Å²) in [4.78, 5) is 30.4. The molecule has 9 nitrogen and oxygen atoms in total. The summed E-state index contributed by atoms with van der Waals surface area (Å²) in [6.45, 7) is 8.27. The van der Waals surface area contributed by atoms with Crippen LogP contribution in [0.2, 0.25) is 0 Å². The Balaban J connectivity index is 0.